The number of para-hydroxylation sites is 1. The van der Waals surface area contributed by atoms with Crippen molar-refractivity contribution in [2.75, 3.05) is 33.1 Å². The van der Waals surface area contributed by atoms with Crippen molar-refractivity contribution in [3.8, 4) is 11.1 Å². The minimum atomic E-state index is -5.40. The summed E-state index contributed by atoms with van der Waals surface area (Å²) >= 11 is -0.680. The van der Waals surface area contributed by atoms with Gasteiger partial charge >= 0.3 is 6.18 Å². The second kappa shape index (κ2) is 16.7. The summed E-state index contributed by atoms with van der Waals surface area (Å²) in [6, 6.07) is -27.3. The topological polar surface area (TPSA) is 54.8 Å². The summed E-state index contributed by atoms with van der Waals surface area (Å²) in [5, 5.41) is -2.78. The van der Waals surface area contributed by atoms with Gasteiger partial charge in [0.2, 0.25) is 5.91 Å². The predicted octanol–water partition coefficient (Wildman–Crippen LogP) is 8.71. The van der Waals surface area contributed by atoms with E-state index in [4.69, 9.17) is 38.4 Å². The number of amides is 1. The molecule has 0 atom stereocenters. The number of carbonyl (C=O) groups is 1. The number of likely N-dealkylation sites (tertiary alicyclic amines) is 1. The van der Waals surface area contributed by atoms with Gasteiger partial charge in [0.15, 0.2) is 17.1 Å². The fraction of sp³-hybridized carbons (Fsp3) is 0.317. The summed E-state index contributed by atoms with van der Waals surface area (Å²) in [5.41, 5.74) is -15.5. The largest absolute Gasteiger partial charge is 0.416 e. The van der Waals surface area contributed by atoms with Crippen LogP contribution in [-0.4, -0.2) is 59.4 Å². The van der Waals surface area contributed by atoms with E-state index in [1.807, 2.05) is 0 Å². The molecule has 0 bridgehead atoms. The van der Waals surface area contributed by atoms with Crippen LogP contribution in [-0.2, 0) is 34.5 Å². The molecule has 0 unspecified atom stereocenters. The lowest BCUT2D eigenvalue weighted by atomic mass is 9.98. The Morgan fingerprint density at radius 2 is 1.77 bits per heavy atom. The average molecular weight is 783 g/mol. The van der Waals surface area contributed by atoms with Gasteiger partial charge in [-0.3, -0.25) is 9.59 Å². The highest BCUT2D eigenvalue weighted by Crippen LogP contribution is 2.34. The minimum Gasteiger partial charge on any atom is -0.383 e. The van der Waals surface area contributed by atoms with E-state index in [2.05, 4.69) is 4.74 Å². The first-order chi connectivity index (χ1) is 38.5. The highest BCUT2D eigenvalue weighted by atomic mass is 32.2. The van der Waals surface area contributed by atoms with Gasteiger partial charge in [-0.2, -0.15) is 13.2 Å². The van der Waals surface area contributed by atoms with Gasteiger partial charge in [-0.05, 0) is 66.1 Å². The molecular weight excluding hydrogens is 710 g/mol. The molecule has 1 aliphatic rings. The number of aromatic nitrogens is 1. The molecule has 2 heterocycles. The smallest absolute Gasteiger partial charge is 0.383 e. The number of ether oxygens (including phenoxy) is 1. The Balaban J connectivity index is 1.79. The lowest BCUT2D eigenvalue weighted by Gasteiger charge is -2.39. The lowest BCUT2D eigenvalue weighted by Crippen LogP contribution is -2.48. The molecule has 6 rings (SSSR count). The summed E-state index contributed by atoms with van der Waals surface area (Å²) in [7, 11) is -4.01. The zero-order valence-electron chi connectivity index (χ0n) is 59.3. The number of hydrogen-bond donors (Lipinski definition) is 0. The number of fused-ring (bicyclic) bond motifs is 1. The molecule has 0 saturated carbocycles. The normalized spacial score (nSPS) is 28.6. The quantitative estimate of drug-likeness (QED) is 0.0937. The van der Waals surface area contributed by atoms with Gasteiger partial charge in [-0.1, -0.05) is 60.4 Å². The van der Waals surface area contributed by atoms with Crippen molar-refractivity contribution in [3.63, 3.8) is 0 Å². The molecule has 1 aromatic heterocycles. The molecule has 278 valence electrons. The summed E-state index contributed by atoms with van der Waals surface area (Å²) in [6.45, 7) is -22.8. The third-order valence-corrected chi connectivity index (χ3v) is 7.65. The number of thioether (sulfide) groups is 1. The van der Waals surface area contributed by atoms with E-state index >= 15 is 13.6 Å². The lowest BCUT2D eigenvalue weighted by molar-refractivity contribution is -0.138. The first-order valence-corrected chi connectivity index (χ1v) is 15.1. The van der Waals surface area contributed by atoms with E-state index in [0.717, 1.165) is 0 Å². The van der Waals surface area contributed by atoms with Crippen molar-refractivity contribution < 1.29 is 76.7 Å². The van der Waals surface area contributed by atoms with E-state index in [1.165, 1.54) is 0 Å². The van der Waals surface area contributed by atoms with E-state index < -0.39 is 261 Å². The van der Waals surface area contributed by atoms with Gasteiger partial charge < -0.3 is 19.1 Å². The SMILES string of the molecule is [2H]c1c([2H])c(F)c(F)c(C([2H])([2H])Sc2c([2H])c(=O)c3c([2H])c([2H])c([2H])c([2H])c3n2CC(=O)N(Cc2c([2H])c([2H])c(-c3c([2H])c([2H])c(C(F)(F)F)c(C)c3[2H])c([2H])c2[2H])C2([2H])C([2H])([2H])C([2H])([2H])N(C([2H])([2H])C([2H])([2H])OC([2H])([2H])[2H])C([2H])([2H])C2([2H])[2H])c1[2H]. The fourth-order valence-corrected chi connectivity index (χ4v) is 5.18. The van der Waals surface area contributed by atoms with Crippen LogP contribution in [0, 0.1) is 18.6 Å². The summed E-state index contributed by atoms with van der Waals surface area (Å²) < 4.78 is 362. The molecule has 1 amide bonds. The molecule has 0 aliphatic carbocycles. The highest BCUT2D eigenvalue weighted by molar-refractivity contribution is 7.98. The van der Waals surface area contributed by atoms with Crippen LogP contribution in [0.25, 0.3) is 22.0 Å². The summed E-state index contributed by atoms with van der Waals surface area (Å²) in [5.74, 6) is -6.95. The molecule has 0 N–H and O–H groups in total. The van der Waals surface area contributed by atoms with Crippen LogP contribution < -0.4 is 5.43 Å². The van der Waals surface area contributed by atoms with Crippen LogP contribution in [0.4, 0.5) is 22.0 Å². The van der Waals surface area contributed by atoms with Crippen LogP contribution in [0.2, 0.25) is 0 Å². The summed E-state index contributed by atoms with van der Waals surface area (Å²) in [6.07, 6.45) is -15.4. The van der Waals surface area contributed by atoms with Gasteiger partial charge in [0.1, 0.15) is 6.54 Å². The fourth-order valence-electron chi connectivity index (χ4n) is 4.43. The van der Waals surface area contributed by atoms with Crippen LogP contribution >= 0.6 is 11.8 Å². The Bertz CT molecular complexity index is 3670. The number of alkyl halides is 3. The van der Waals surface area contributed by atoms with Crippen LogP contribution in [0.1, 0.15) is 80.2 Å². The standard InChI is InChI=1S/C41H40F5N3O3S/c1-27-22-30(14-15-34(27)41(44,45)46)29-12-10-28(11-13-29)24-48(32-16-18-47(19-17-32)20-21-52-2)38(51)25-49-36-9-4-3-7-33(36)37(50)23-39(49)53-26-31-6-5-8-35(42)40(31)43/h3-15,22-23,32H,16-21,24-26H2,1-2H3/i2D3,3D,4D,5D,6D,7D,8D,9D,10D,11D,12D,13D,14D,15D,16D2,17D2,18D2,19D2,20D2,21D2,22D,23D,26D2,32D. The maximum Gasteiger partial charge on any atom is 0.416 e. The van der Waals surface area contributed by atoms with Crippen LogP contribution in [0.15, 0.2) is 100 Å². The van der Waals surface area contributed by atoms with Gasteiger partial charge in [0.25, 0.3) is 0 Å². The van der Waals surface area contributed by atoms with Crippen molar-refractivity contribution in [2.45, 2.75) is 55.7 Å². The number of piperidine rings is 1. The number of hydrogen-bond acceptors (Lipinski definition) is 5. The average Bonchev–Trinajstić information content (AvgIpc) is 0.660. The first-order valence-electron chi connectivity index (χ1n) is 30.8. The van der Waals surface area contributed by atoms with E-state index in [9.17, 15) is 24.8 Å². The van der Waals surface area contributed by atoms with E-state index in [0.29, 0.717) is 6.92 Å². The summed E-state index contributed by atoms with van der Waals surface area (Å²) in [4.78, 5) is 28.0. The molecule has 0 spiro atoms. The highest BCUT2D eigenvalue weighted by Gasteiger charge is 2.32. The van der Waals surface area contributed by atoms with Gasteiger partial charge in [-0.25, -0.2) is 8.78 Å². The number of carbonyl (C=O) groups excluding carboxylic acids is 1. The Hall–Kier alpha value is -4.52. The number of halogens is 5. The van der Waals surface area contributed by atoms with Crippen molar-refractivity contribution in [1.82, 2.24) is 14.4 Å². The molecule has 4 aromatic carbocycles. The maximum absolute atomic E-state index is 15.8. The first kappa shape index (κ1) is 14.6. The maximum atomic E-state index is 15.8. The Labute approximate surface area is 355 Å². The number of benzene rings is 4. The Morgan fingerprint density at radius 1 is 1.04 bits per heavy atom. The third-order valence-electron chi connectivity index (χ3n) is 6.82. The zero-order valence-corrected chi connectivity index (χ0v) is 27.1. The van der Waals surface area contributed by atoms with Gasteiger partial charge in [0, 0.05) is 78.2 Å². The van der Waals surface area contributed by atoms with Crippen LogP contribution in [0.3, 0.4) is 0 Å². The molecule has 1 saturated heterocycles. The molecule has 12 heteroatoms. The zero-order chi connectivity index (χ0) is 66.7. The molecule has 0 radical (unpaired) electrons. The van der Waals surface area contributed by atoms with Crippen molar-refractivity contribution >= 4 is 28.6 Å². The molecular formula is C41H40F5N3O3S. The molecule has 53 heavy (non-hydrogen) atoms. The molecule has 5 aromatic rings. The Kier molecular flexibility index (Phi) is 4.59. The second-order valence-electron chi connectivity index (χ2n) is 10.2. The number of pyridine rings is 1. The van der Waals surface area contributed by atoms with Crippen molar-refractivity contribution in [1.29, 1.82) is 0 Å². The van der Waals surface area contributed by atoms with Gasteiger partial charge in [-0.15, -0.1) is 11.8 Å². The molecule has 6 nitrogen and oxygen atoms in total. The van der Waals surface area contributed by atoms with Crippen molar-refractivity contribution in [2.24, 2.45) is 0 Å². The number of nitrogens with zero attached hydrogens (tertiary/aromatic N) is 3. The monoisotopic (exact) mass is 782 g/mol. The minimum absolute atomic E-state index is 0.0222. The molecule has 1 fully saturated rings. The van der Waals surface area contributed by atoms with E-state index in [-0.39, 0.29) is 4.57 Å². The third kappa shape index (κ3) is 9.00. The van der Waals surface area contributed by atoms with Crippen LogP contribution in [0.5, 0.6) is 0 Å². The second-order valence-corrected chi connectivity index (χ2v) is 11.0. The van der Waals surface area contributed by atoms with Gasteiger partial charge in [0.05, 0.1) is 51.5 Å². The molecule has 1 aliphatic heterocycles. The number of methoxy groups -OCH3 is 1. The number of rotatable bonds is 12. The predicted molar refractivity (Wildman–Crippen MR) is 198 cm³/mol. The van der Waals surface area contributed by atoms with Crippen molar-refractivity contribution in [3.05, 3.63) is 135 Å². The Morgan fingerprint density at radius 3 is 2.51 bits per heavy atom. The van der Waals surface area contributed by atoms with E-state index in [1.54, 1.807) is 0 Å².